The number of hydrogen-bond acceptors (Lipinski definition) is 5. The molecular weight excluding hydrogens is 359 g/mol. The van der Waals surface area contributed by atoms with Gasteiger partial charge < -0.3 is 19.5 Å². The average Bonchev–Trinajstić information content (AvgIpc) is 2.19. The molecule has 0 aromatic rings. The van der Waals surface area contributed by atoms with E-state index in [1.807, 2.05) is 0 Å². The molecule has 0 bridgehead atoms. The Morgan fingerprint density at radius 2 is 2.06 bits per heavy atom. The van der Waals surface area contributed by atoms with Crippen LogP contribution in [0, 0.1) is 0 Å². The molecule has 1 rings (SSSR count). The first-order valence-electron chi connectivity index (χ1n) is 4.78. The maximum atomic E-state index is 11.1. The highest BCUT2D eigenvalue weighted by molar-refractivity contribution is 14.1. The van der Waals surface area contributed by atoms with E-state index in [2.05, 4.69) is 5.32 Å². The summed E-state index contributed by atoms with van der Waals surface area (Å²) in [6, 6.07) is 0. The molecule has 9 heteroatoms. The lowest BCUT2D eigenvalue weighted by Crippen LogP contribution is -2.61. The Labute approximate surface area is 123 Å². The van der Waals surface area contributed by atoms with Crippen molar-refractivity contribution in [3.8, 4) is 0 Å². The van der Waals surface area contributed by atoms with Gasteiger partial charge >= 0.3 is 32.6 Å². The van der Waals surface area contributed by atoms with E-state index >= 15 is 0 Å². The maximum absolute atomic E-state index is 11.1. The molecular formula is C7H12Al2INO5. The van der Waals surface area contributed by atoms with Gasteiger partial charge in [-0.05, 0) is 0 Å². The molecule has 0 aromatic heterocycles. The average molecular weight is 371 g/mol. The standard InChI is InChI=1S/C7H8INO5.2Al.4H/c8-6(11)9-7(1-12-4-10)2-13-5-14-3-7;;;;;;/h5H,1-3H2,(H,9,11);;;;;;. The molecule has 88 valence electrons. The highest BCUT2D eigenvalue weighted by Gasteiger charge is 2.38. The van der Waals surface area contributed by atoms with Crippen LogP contribution in [0.4, 0.5) is 9.59 Å². The monoisotopic (exact) mass is 371 g/mol. The van der Waals surface area contributed by atoms with Gasteiger partial charge in [0, 0.05) is 22.6 Å². The molecule has 1 aliphatic heterocycles. The molecule has 0 radical (unpaired) electrons. The summed E-state index contributed by atoms with van der Waals surface area (Å²) in [6.07, 6.45) is 0. The van der Waals surface area contributed by atoms with Crippen molar-refractivity contribution in [2.45, 2.75) is 10.7 Å². The third kappa shape index (κ3) is 4.88. The second-order valence-electron chi connectivity index (χ2n) is 3.65. The number of rotatable bonds is 3. The van der Waals surface area contributed by atoms with Gasteiger partial charge in [0.05, 0.1) is 18.4 Å². The second kappa shape index (κ2) is 6.55. The zero-order chi connectivity index (χ0) is 12.2. The molecule has 1 N–H and O–H groups in total. The number of amides is 1. The summed E-state index contributed by atoms with van der Waals surface area (Å²) in [6.45, 7) is 0.716. The van der Waals surface area contributed by atoms with Crippen molar-refractivity contribution in [2.24, 2.45) is 0 Å². The molecule has 0 atom stereocenters. The lowest BCUT2D eigenvalue weighted by Gasteiger charge is -2.39. The largest absolute Gasteiger partial charge is 0.478 e. The fraction of sp³-hybridized carbons (Fsp3) is 0.714. The summed E-state index contributed by atoms with van der Waals surface area (Å²) in [4.78, 5) is 21.7. The van der Waals surface area contributed by atoms with E-state index in [0.29, 0.717) is 29.5 Å². The molecule has 0 aliphatic carbocycles. The number of hydrogen-bond donors (Lipinski definition) is 1. The zero-order valence-electron chi connectivity index (χ0n) is 9.12. The van der Waals surface area contributed by atoms with Crippen molar-refractivity contribution < 1.29 is 23.8 Å². The van der Waals surface area contributed by atoms with Crippen molar-refractivity contribution in [3.63, 3.8) is 0 Å². The van der Waals surface area contributed by atoms with Crippen LogP contribution in [-0.4, -0.2) is 71.8 Å². The molecule has 0 saturated carbocycles. The van der Waals surface area contributed by atoms with Crippen molar-refractivity contribution in [2.75, 3.05) is 19.8 Å². The van der Waals surface area contributed by atoms with E-state index in [1.54, 1.807) is 22.6 Å². The number of carbonyl (C=O) groups is 2. The van der Waals surface area contributed by atoms with Crippen LogP contribution in [0.3, 0.4) is 0 Å². The molecule has 0 aromatic carbocycles. The van der Waals surface area contributed by atoms with E-state index in [4.69, 9.17) is 14.2 Å². The normalized spacial score (nSPS) is 29.4. The summed E-state index contributed by atoms with van der Waals surface area (Å²) in [5.74, 6) is 0. The molecule has 16 heavy (non-hydrogen) atoms. The van der Waals surface area contributed by atoms with E-state index in [0.717, 1.165) is 16.3 Å². The van der Waals surface area contributed by atoms with E-state index in [9.17, 15) is 9.59 Å². The number of halogens is 1. The number of carbonyl (C=O) groups excluding carboxylic acids is 2. The lowest BCUT2D eigenvalue weighted by atomic mass is 10.0. The molecule has 1 amide bonds. The van der Waals surface area contributed by atoms with E-state index < -0.39 is 5.54 Å². The summed E-state index contributed by atoms with van der Waals surface area (Å²) >= 11 is 2.73. The van der Waals surface area contributed by atoms with Crippen LogP contribution in [0.5, 0.6) is 0 Å². The zero-order valence-corrected chi connectivity index (χ0v) is 15.3. The Hall–Kier alpha value is 0.655. The van der Waals surface area contributed by atoms with Gasteiger partial charge in [0.1, 0.15) is 12.1 Å². The minimum Gasteiger partial charge on any atom is -0.478 e. The van der Waals surface area contributed by atoms with Crippen LogP contribution >= 0.6 is 22.6 Å². The van der Waals surface area contributed by atoms with Crippen LogP contribution in [-0.2, 0) is 14.2 Å². The van der Waals surface area contributed by atoms with Gasteiger partial charge in [-0.25, -0.2) is 0 Å². The van der Waals surface area contributed by atoms with Gasteiger partial charge in [0.15, 0.2) is 4.83 Å². The first-order chi connectivity index (χ1) is 7.43. The Bertz CT molecular complexity index is 282. The summed E-state index contributed by atoms with van der Waals surface area (Å²) in [7, 11) is 0. The van der Waals surface area contributed by atoms with Crippen LogP contribution in [0.1, 0.15) is 0 Å². The van der Waals surface area contributed by atoms with Crippen LogP contribution < -0.4 is 5.32 Å². The summed E-state index contributed by atoms with van der Waals surface area (Å²) in [5, 5.41) is 2.56. The summed E-state index contributed by atoms with van der Waals surface area (Å²) < 4.78 is 15.5. The highest BCUT2D eigenvalue weighted by atomic mass is 127. The molecule has 1 fully saturated rings. The predicted octanol–water partition coefficient (Wildman–Crippen LogP) is -1.40. The predicted molar refractivity (Wildman–Crippen MR) is 69.4 cm³/mol. The topological polar surface area (TPSA) is 73.9 Å². The fourth-order valence-corrected chi connectivity index (χ4v) is 2.33. The van der Waals surface area contributed by atoms with Crippen molar-refractivity contribution >= 4 is 63.9 Å². The van der Waals surface area contributed by atoms with E-state index in [1.165, 1.54) is 0 Å². The first kappa shape index (κ1) is 14.7. The molecule has 1 saturated heterocycles. The van der Waals surface area contributed by atoms with Crippen molar-refractivity contribution in [1.29, 1.82) is 0 Å². The fourth-order valence-electron chi connectivity index (χ4n) is 1.28. The number of ether oxygens (including phenoxy) is 3. The minimum absolute atomic E-state index is 0.0956. The molecule has 1 heterocycles. The Morgan fingerprint density at radius 1 is 1.50 bits per heavy atom. The van der Waals surface area contributed by atoms with Crippen LogP contribution in [0.2, 0.25) is 0 Å². The minimum atomic E-state index is -0.737. The smallest absolute Gasteiger partial charge is 0.388 e. The molecule has 1 aliphatic rings. The first-order valence-corrected chi connectivity index (χ1v) is 8.01. The van der Waals surface area contributed by atoms with Gasteiger partial charge in [0.25, 0.3) is 3.91 Å². The SMILES string of the molecule is O=C(I)NC1(CO[C](=O)[AlH2])CO[CH]([AlH2])OC1. The van der Waals surface area contributed by atoms with Crippen molar-refractivity contribution in [3.05, 3.63) is 0 Å². The highest BCUT2D eigenvalue weighted by Crippen LogP contribution is 2.16. The van der Waals surface area contributed by atoms with Gasteiger partial charge in [-0.3, -0.25) is 9.59 Å². The third-order valence-corrected chi connectivity index (χ3v) is 3.33. The number of nitrogens with one attached hydrogen (secondary N) is 1. The molecule has 6 nitrogen and oxygen atoms in total. The quantitative estimate of drug-likeness (QED) is 0.286. The molecule has 0 unspecified atom stereocenters. The third-order valence-electron chi connectivity index (χ3n) is 2.10. The lowest BCUT2D eigenvalue weighted by molar-refractivity contribution is -0.174. The van der Waals surface area contributed by atoms with Crippen LogP contribution in [0.15, 0.2) is 0 Å². The summed E-state index contributed by atoms with van der Waals surface area (Å²) in [5.41, 5.74) is -0.737. The Balaban J connectivity index is 2.61. The Kier molecular flexibility index (Phi) is 6.02. The molecule has 0 spiro atoms. The second-order valence-corrected chi connectivity index (χ2v) is 6.39. The maximum Gasteiger partial charge on any atom is 0.388 e. The van der Waals surface area contributed by atoms with Gasteiger partial charge in [-0.2, -0.15) is 0 Å². The van der Waals surface area contributed by atoms with Gasteiger partial charge in [0.2, 0.25) is 0 Å². The van der Waals surface area contributed by atoms with Crippen LogP contribution in [0.25, 0.3) is 0 Å². The van der Waals surface area contributed by atoms with Gasteiger partial charge in [-0.1, -0.05) is 0 Å². The van der Waals surface area contributed by atoms with E-state index in [-0.39, 0.29) is 20.5 Å². The Morgan fingerprint density at radius 3 is 2.50 bits per heavy atom. The van der Waals surface area contributed by atoms with Gasteiger partial charge in [-0.15, -0.1) is 0 Å². The van der Waals surface area contributed by atoms with Crippen molar-refractivity contribution in [1.82, 2.24) is 5.32 Å².